The van der Waals surface area contributed by atoms with Crippen LogP contribution in [0.5, 0.6) is 11.5 Å². The lowest BCUT2D eigenvalue weighted by Gasteiger charge is -2.17. The van der Waals surface area contributed by atoms with Gasteiger partial charge in [0.15, 0.2) is 11.5 Å². The number of methoxy groups -OCH3 is 1. The van der Waals surface area contributed by atoms with Crippen molar-refractivity contribution in [3.63, 3.8) is 0 Å². The molecule has 124 valence electrons. The van der Waals surface area contributed by atoms with Gasteiger partial charge < -0.3 is 14.8 Å². The molecule has 0 saturated heterocycles. The van der Waals surface area contributed by atoms with Crippen molar-refractivity contribution in [2.24, 2.45) is 0 Å². The largest absolute Gasteiger partial charge is 0.493 e. The van der Waals surface area contributed by atoms with Crippen molar-refractivity contribution in [3.8, 4) is 11.5 Å². The number of nitrogens with one attached hydrogen (secondary N) is 1. The average Bonchev–Trinajstić information content (AvgIpc) is 2.59. The van der Waals surface area contributed by atoms with Crippen LogP contribution in [0.1, 0.15) is 37.4 Å². The summed E-state index contributed by atoms with van der Waals surface area (Å²) >= 11 is 6.39. The predicted octanol–water partition coefficient (Wildman–Crippen LogP) is 4.99. The van der Waals surface area contributed by atoms with Crippen LogP contribution in [0.2, 0.25) is 5.02 Å². The standard InChI is InChI=1S/C19H24ClNO2/c1-4-10-23-19-12-17(20)16(11-18(19)22-3)13-21-14(2)15-8-6-5-7-9-15/h5-9,11-12,14,21H,4,10,13H2,1-3H3. The van der Waals surface area contributed by atoms with Gasteiger partial charge in [0.1, 0.15) is 0 Å². The molecule has 0 spiro atoms. The molecular formula is C19H24ClNO2. The van der Waals surface area contributed by atoms with Crippen LogP contribution in [0, 0.1) is 0 Å². The van der Waals surface area contributed by atoms with E-state index in [1.165, 1.54) is 5.56 Å². The van der Waals surface area contributed by atoms with Crippen LogP contribution in [0.15, 0.2) is 42.5 Å². The average molecular weight is 334 g/mol. The smallest absolute Gasteiger partial charge is 0.162 e. The molecule has 4 heteroatoms. The van der Waals surface area contributed by atoms with Crippen LogP contribution in [0.3, 0.4) is 0 Å². The van der Waals surface area contributed by atoms with E-state index in [4.69, 9.17) is 21.1 Å². The lowest BCUT2D eigenvalue weighted by Crippen LogP contribution is -2.18. The fraction of sp³-hybridized carbons (Fsp3) is 0.368. The van der Waals surface area contributed by atoms with Gasteiger partial charge >= 0.3 is 0 Å². The maximum absolute atomic E-state index is 6.39. The molecule has 3 nitrogen and oxygen atoms in total. The molecule has 1 N–H and O–H groups in total. The van der Waals surface area contributed by atoms with Gasteiger partial charge in [-0.2, -0.15) is 0 Å². The summed E-state index contributed by atoms with van der Waals surface area (Å²) in [6.45, 7) is 5.52. The van der Waals surface area contributed by atoms with Crippen molar-refractivity contribution in [1.29, 1.82) is 0 Å². The number of ether oxygens (including phenoxy) is 2. The number of benzene rings is 2. The number of hydrogen-bond acceptors (Lipinski definition) is 3. The molecule has 1 atom stereocenters. The van der Waals surface area contributed by atoms with Crippen LogP contribution >= 0.6 is 11.6 Å². The Hall–Kier alpha value is -1.71. The Kier molecular flexibility index (Phi) is 6.75. The normalized spacial score (nSPS) is 12.0. The predicted molar refractivity (Wildman–Crippen MR) is 95.5 cm³/mol. The molecular weight excluding hydrogens is 310 g/mol. The highest BCUT2D eigenvalue weighted by atomic mass is 35.5. The van der Waals surface area contributed by atoms with Crippen LogP contribution in [-0.2, 0) is 6.54 Å². The van der Waals surface area contributed by atoms with Crippen molar-refractivity contribution in [2.45, 2.75) is 32.9 Å². The third-order valence-electron chi connectivity index (χ3n) is 3.69. The molecule has 2 aromatic carbocycles. The van der Waals surface area contributed by atoms with Crippen molar-refractivity contribution in [1.82, 2.24) is 5.32 Å². The molecule has 0 heterocycles. The molecule has 0 bridgehead atoms. The van der Waals surface area contributed by atoms with E-state index in [0.29, 0.717) is 29.7 Å². The van der Waals surface area contributed by atoms with Gasteiger partial charge in [0, 0.05) is 23.7 Å². The first-order valence-corrected chi connectivity index (χ1v) is 8.31. The zero-order valence-electron chi connectivity index (χ0n) is 13.9. The topological polar surface area (TPSA) is 30.5 Å². The van der Waals surface area contributed by atoms with E-state index in [9.17, 15) is 0 Å². The first-order chi connectivity index (χ1) is 11.2. The molecule has 1 unspecified atom stereocenters. The summed E-state index contributed by atoms with van der Waals surface area (Å²) in [6.07, 6.45) is 0.943. The van der Waals surface area contributed by atoms with Crippen LogP contribution in [0.25, 0.3) is 0 Å². The van der Waals surface area contributed by atoms with E-state index in [1.54, 1.807) is 7.11 Å². The number of hydrogen-bond donors (Lipinski definition) is 1. The molecule has 0 radical (unpaired) electrons. The Morgan fingerprint density at radius 3 is 2.52 bits per heavy atom. The van der Waals surface area contributed by atoms with Crippen molar-refractivity contribution in [3.05, 3.63) is 58.6 Å². The second kappa shape index (κ2) is 8.80. The lowest BCUT2D eigenvalue weighted by atomic mass is 10.1. The number of halogens is 1. The summed E-state index contributed by atoms with van der Waals surface area (Å²) in [6, 6.07) is 14.4. The van der Waals surface area contributed by atoms with Gasteiger partial charge in [-0.15, -0.1) is 0 Å². The quantitative estimate of drug-likeness (QED) is 0.738. The SMILES string of the molecule is CCCOc1cc(Cl)c(CNC(C)c2ccccc2)cc1OC. The summed E-state index contributed by atoms with van der Waals surface area (Å²) in [4.78, 5) is 0. The maximum Gasteiger partial charge on any atom is 0.162 e. The van der Waals surface area contributed by atoms with Crippen molar-refractivity contribution < 1.29 is 9.47 Å². The van der Waals surface area contributed by atoms with E-state index in [0.717, 1.165) is 12.0 Å². The van der Waals surface area contributed by atoms with E-state index < -0.39 is 0 Å². The highest BCUT2D eigenvalue weighted by Gasteiger charge is 2.12. The van der Waals surface area contributed by atoms with Crippen LogP contribution in [-0.4, -0.2) is 13.7 Å². The minimum absolute atomic E-state index is 0.245. The highest BCUT2D eigenvalue weighted by Crippen LogP contribution is 2.33. The number of rotatable bonds is 8. The Morgan fingerprint density at radius 1 is 1.13 bits per heavy atom. The monoisotopic (exact) mass is 333 g/mol. The van der Waals surface area contributed by atoms with Gasteiger partial charge in [-0.05, 0) is 30.5 Å². The van der Waals surface area contributed by atoms with Crippen molar-refractivity contribution in [2.75, 3.05) is 13.7 Å². The zero-order valence-corrected chi connectivity index (χ0v) is 14.7. The first kappa shape index (κ1) is 17.6. The van der Waals surface area contributed by atoms with Gasteiger partial charge in [0.05, 0.1) is 13.7 Å². The molecule has 23 heavy (non-hydrogen) atoms. The summed E-state index contributed by atoms with van der Waals surface area (Å²) in [5, 5.41) is 4.17. The Morgan fingerprint density at radius 2 is 1.87 bits per heavy atom. The summed E-state index contributed by atoms with van der Waals surface area (Å²) in [5.74, 6) is 1.41. The van der Waals surface area contributed by atoms with Gasteiger partial charge in [0.2, 0.25) is 0 Å². The Bertz CT molecular complexity index is 616. The fourth-order valence-corrected chi connectivity index (χ4v) is 2.54. The van der Waals surface area contributed by atoms with E-state index in [2.05, 4.69) is 31.3 Å². The molecule has 0 fully saturated rings. The van der Waals surface area contributed by atoms with E-state index in [-0.39, 0.29) is 6.04 Å². The molecule has 0 saturated carbocycles. The summed E-state index contributed by atoms with van der Waals surface area (Å²) in [7, 11) is 1.64. The summed E-state index contributed by atoms with van der Waals surface area (Å²) in [5.41, 5.74) is 2.24. The van der Waals surface area contributed by atoms with Gasteiger partial charge in [0.25, 0.3) is 0 Å². The second-order valence-electron chi connectivity index (χ2n) is 5.46. The second-order valence-corrected chi connectivity index (χ2v) is 5.86. The van der Waals surface area contributed by atoms with E-state index in [1.807, 2.05) is 30.3 Å². The van der Waals surface area contributed by atoms with Gasteiger partial charge in [-0.3, -0.25) is 0 Å². The molecule has 2 rings (SSSR count). The molecule has 0 aliphatic rings. The van der Waals surface area contributed by atoms with Crippen molar-refractivity contribution >= 4 is 11.6 Å². The van der Waals surface area contributed by atoms with Crippen LogP contribution < -0.4 is 14.8 Å². The van der Waals surface area contributed by atoms with Crippen LogP contribution in [0.4, 0.5) is 0 Å². The minimum atomic E-state index is 0.245. The third kappa shape index (κ3) is 4.88. The summed E-state index contributed by atoms with van der Waals surface area (Å²) < 4.78 is 11.1. The Balaban J connectivity index is 2.07. The molecule has 0 amide bonds. The first-order valence-electron chi connectivity index (χ1n) is 7.93. The Labute approximate surface area is 143 Å². The van der Waals surface area contributed by atoms with Gasteiger partial charge in [-0.1, -0.05) is 48.9 Å². The minimum Gasteiger partial charge on any atom is -0.493 e. The third-order valence-corrected chi connectivity index (χ3v) is 4.04. The van der Waals surface area contributed by atoms with E-state index >= 15 is 0 Å². The van der Waals surface area contributed by atoms with Gasteiger partial charge in [-0.25, -0.2) is 0 Å². The molecule has 0 aromatic heterocycles. The molecule has 0 aliphatic heterocycles. The fourth-order valence-electron chi connectivity index (χ4n) is 2.32. The highest BCUT2D eigenvalue weighted by molar-refractivity contribution is 6.31. The molecule has 2 aromatic rings. The lowest BCUT2D eigenvalue weighted by molar-refractivity contribution is 0.294. The molecule has 0 aliphatic carbocycles. The maximum atomic E-state index is 6.39. The zero-order chi connectivity index (χ0) is 16.7.